The Hall–Kier alpha value is -3.35. The van der Waals surface area contributed by atoms with Crippen molar-refractivity contribution in [3.8, 4) is 11.5 Å². The number of amides is 1. The summed E-state index contributed by atoms with van der Waals surface area (Å²) in [5.74, 6) is 0.187. The van der Waals surface area contributed by atoms with Gasteiger partial charge in [-0.25, -0.2) is 14.4 Å². The first kappa shape index (κ1) is 18.4. The molecule has 0 radical (unpaired) electrons. The van der Waals surface area contributed by atoms with Gasteiger partial charge in [0, 0.05) is 29.6 Å². The van der Waals surface area contributed by atoms with Gasteiger partial charge in [0.15, 0.2) is 0 Å². The Morgan fingerprint density at radius 2 is 1.85 bits per heavy atom. The third-order valence-corrected chi connectivity index (χ3v) is 3.77. The van der Waals surface area contributed by atoms with Gasteiger partial charge in [-0.3, -0.25) is 9.78 Å². The molecule has 0 aliphatic carbocycles. The molecule has 138 valence electrons. The number of hydrogen-bond acceptors (Lipinski definition) is 5. The van der Waals surface area contributed by atoms with E-state index in [-0.39, 0.29) is 11.4 Å². The molecule has 0 saturated heterocycles. The van der Waals surface area contributed by atoms with Crippen LogP contribution in [-0.4, -0.2) is 20.9 Å². The van der Waals surface area contributed by atoms with Gasteiger partial charge in [0.05, 0.1) is 12.4 Å². The number of aryl methyl sites for hydroxylation is 2. The summed E-state index contributed by atoms with van der Waals surface area (Å²) in [6, 6.07) is 9.88. The summed E-state index contributed by atoms with van der Waals surface area (Å²) in [6.07, 6.45) is 3.87. The van der Waals surface area contributed by atoms with Gasteiger partial charge in [0.1, 0.15) is 28.8 Å². The molecule has 0 atom stereocenters. The van der Waals surface area contributed by atoms with Crippen molar-refractivity contribution in [3.05, 3.63) is 71.7 Å². The Labute approximate surface area is 156 Å². The number of carbonyl (C=O) groups excluding carboxylic acids is 1. The second kappa shape index (κ2) is 8.35. The molecule has 0 spiro atoms. The first-order valence-electron chi connectivity index (χ1n) is 8.64. The summed E-state index contributed by atoms with van der Waals surface area (Å²) >= 11 is 0. The van der Waals surface area contributed by atoms with Crippen molar-refractivity contribution >= 4 is 11.7 Å². The molecule has 1 N–H and O–H groups in total. The maximum absolute atomic E-state index is 13.3. The number of ether oxygens (including phenoxy) is 1. The third kappa shape index (κ3) is 4.84. The highest BCUT2D eigenvalue weighted by molar-refractivity contribution is 6.02. The topological polar surface area (TPSA) is 77.0 Å². The van der Waals surface area contributed by atoms with E-state index in [9.17, 15) is 9.18 Å². The van der Waals surface area contributed by atoms with Crippen molar-refractivity contribution in [2.45, 2.75) is 26.7 Å². The summed E-state index contributed by atoms with van der Waals surface area (Å²) in [4.78, 5) is 25.0. The van der Waals surface area contributed by atoms with Crippen LogP contribution in [0.2, 0.25) is 0 Å². The van der Waals surface area contributed by atoms with Crippen LogP contribution in [0.25, 0.3) is 0 Å². The van der Waals surface area contributed by atoms with Crippen molar-refractivity contribution < 1.29 is 13.9 Å². The Bertz CT molecular complexity index is 962. The van der Waals surface area contributed by atoms with Crippen LogP contribution < -0.4 is 10.1 Å². The largest absolute Gasteiger partial charge is 0.455 e. The van der Waals surface area contributed by atoms with Crippen LogP contribution in [0.1, 0.15) is 35.7 Å². The number of halogens is 1. The number of hydrogen-bond donors (Lipinski definition) is 1. The molecule has 6 nitrogen and oxygen atoms in total. The fourth-order valence-electron chi connectivity index (χ4n) is 2.43. The molecule has 3 aromatic heterocycles. The molecular weight excluding hydrogens is 347 g/mol. The molecule has 3 aromatic rings. The van der Waals surface area contributed by atoms with Crippen LogP contribution in [0.5, 0.6) is 11.5 Å². The normalized spacial score (nSPS) is 10.5. The zero-order valence-corrected chi connectivity index (χ0v) is 15.1. The Balaban J connectivity index is 1.84. The molecule has 7 heteroatoms. The van der Waals surface area contributed by atoms with Gasteiger partial charge in [0.25, 0.3) is 5.91 Å². The maximum Gasteiger partial charge on any atom is 0.275 e. The Kier molecular flexibility index (Phi) is 5.71. The van der Waals surface area contributed by atoms with E-state index in [1.165, 1.54) is 18.3 Å². The lowest BCUT2D eigenvalue weighted by Gasteiger charge is -2.10. The number of aromatic nitrogens is 3. The molecule has 0 aliphatic heterocycles. The van der Waals surface area contributed by atoms with E-state index in [4.69, 9.17) is 4.74 Å². The second-order valence-corrected chi connectivity index (χ2v) is 5.80. The SMILES string of the molecule is CCc1cccc(NC(=O)c2cc(Oc3cncc(F)c3)cc(CC)n2)n1. The smallest absolute Gasteiger partial charge is 0.275 e. The summed E-state index contributed by atoms with van der Waals surface area (Å²) in [5.41, 5.74) is 1.75. The van der Waals surface area contributed by atoms with Crippen LogP contribution in [-0.2, 0) is 12.8 Å². The monoisotopic (exact) mass is 366 g/mol. The molecule has 1 amide bonds. The van der Waals surface area contributed by atoms with Gasteiger partial charge < -0.3 is 10.1 Å². The molecule has 3 heterocycles. The minimum atomic E-state index is -0.503. The van der Waals surface area contributed by atoms with Crippen LogP contribution in [0.4, 0.5) is 10.2 Å². The summed E-state index contributed by atoms with van der Waals surface area (Å²) in [5, 5.41) is 2.74. The molecule has 27 heavy (non-hydrogen) atoms. The molecular formula is C20H19FN4O2. The van der Waals surface area contributed by atoms with E-state index in [2.05, 4.69) is 20.3 Å². The first-order chi connectivity index (χ1) is 13.1. The lowest BCUT2D eigenvalue weighted by molar-refractivity contribution is 0.102. The van der Waals surface area contributed by atoms with Gasteiger partial charge in [0.2, 0.25) is 0 Å². The van der Waals surface area contributed by atoms with Gasteiger partial charge in [-0.2, -0.15) is 0 Å². The lowest BCUT2D eigenvalue weighted by Crippen LogP contribution is -2.16. The summed E-state index contributed by atoms with van der Waals surface area (Å²) in [6.45, 7) is 3.91. The van der Waals surface area contributed by atoms with Gasteiger partial charge >= 0.3 is 0 Å². The number of anilines is 1. The zero-order valence-electron chi connectivity index (χ0n) is 15.1. The van der Waals surface area contributed by atoms with Gasteiger partial charge in [-0.05, 0) is 25.0 Å². The average molecular weight is 366 g/mol. The average Bonchev–Trinajstić information content (AvgIpc) is 2.67. The second-order valence-electron chi connectivity index (χ2n) is 5.80. The number of pyridine rings is 3. The minimum absolute atomic E-state index is 0.192. The molecule has 0 aliphatic rings. The van der Waals surface area contributed by atoms with Crippen LogP contribution in [0, 0.1) is 5.82 Å². The fourth-order valence-corrected chi connectivity index (χ4v) is 2.43. The zero-order chi connectivity index (χ0) is 19.2. The van der Waals surface area contributed by atoms with Crippen LogP contribution in [0.15, 0.2) is 48.8 Å². The number of rotatable bonds is 6. The Morgan fingerprint density at radius 1 is 1.04 bits per heavy atom. The first-order valence-corrected chi connectivity index (χ1v) is 8.64. The maximum atomic E-state index is 13.3. The number of nitrogens with zero attached hydrogens (tertiary/aromatic N) is 3. The molecule has 0 fully saturated rings. The van der Waals surface area contributed by atoms with Crippen molar-refractivity contribution in [1.29, 1.82) is 0 Å². The standard InChI is InChI=1S/C20H19FN4O2/c1-3-14-6-5-7-19(24-14)25-20(26)18-10-16(9-15(4-2)23-18)27-17-8-13(21)11-22-12-17/h5-12H,3-4H2,1-2H3,(H,24,25,26). The van der Waals surface area contributed by atoms with E-state index in [1.807, 2.05) is 26.0 Å². The quantitative estimate of drug-likeness (QED) is 0.708. The van der Waals surface area contributed by atoms with E-state index >= 15 is 0 Å². The van der Waals surface area contributed by atoms with E-state index < -0.39 is 11.7 Å². The molecule has 0 bridgehead atoms. The van der Waals surface area contributed by atoms with E-state index in [1.54, 1.807) is 12.1 Å². The van der Waals surface area contributed by atoms with Crippen molar-refractivity contribution in [2.75, 3.05) is 5.32 Å². The third-order valence-electron chi connectivity index (χ3n) is 3.77. The van der Waals surface area contributed by atoms with Gasteiger partial charge in [-0.15, -0.1) is 0 Å². The number of nitrogens with one attached hydrogen (secondary N) is 1. The summed E-state index contributed by atoms with van der Waals surface area (Å²) in [7, 11) is 0. The molecule has 0 aromatic carbocycles. The van der Waals surface area contributed by atoms with Crippen molar-refractivity contribution in [2.24, 2.45) is 0 Å². The lowest BCUT2D eigenvalue weighted by atomic mass is 10.2. The van der Waals surface area contributed by atoms with Crippen molar-refractivity contribution in [1.82, 2.24) is 15.0 Å². The van der Waals surface area contributed by atoms with Gasteiger partial charge in [-0.1, -0.05) is 19.9 Å². The van der Waals surface area contributed by atoms with E-state index in [0.29, 0.717) is 23.7 Å². The highest BCUT2D eigenvalue weighted by Crippen LogP contribution is 2.23. The Morgan fingerprint density at radius 3 is 2.59 bits per heavy atom. The predicted molar refractivity (Wildman–Crippen MR) is 99.5 cm³/mol. The number of carbonyl (C=O) groups is 1. The highest BCUT2D eigenvalue weighted by atomic mass is 19.1. The fraction of sp³-hybridized carbons (Fsp3) is 0.200. The highest BCUT2D eigenvalue weighted by Gasteiger charge is 2.13. The molecule has 0 unspecified atom stereocenters. The summed E-state index contributed by atoms with van der Waals surface area (Å²) < 4.78 is 18.9. The minimum Gasteiger partial charge on any atom is -0.455 e. The molecule has 0 saturated carbocycles. The van der Waals surface area contributed by atoms with E-state index in [0.717, 1.165) is 18.3 Å². The van der Waals surface area contributed by atoms with Crippen LogP contribution >= 0.6 is 0 Å². The predicted octanol–water partition coefficient (Wildman–Crippen LogP) is 4.18. The van der Waals surface area contributed by atoms with Crippen LogP contribution in [0.3, 0.4) is 0 Å². The van der Waals surface area contributed by atoms with Crippen molar-refractivity contribution in [3.63, 3.8) is 0 Å². The molecule has 3 rings (SSSR count).